The Morgan fingerprint density at radius 1 is 1.08 bits per heavy atom. The number of methoxy groups -OCH3 is 1. The molecule has 38 heavy (non-hydrogen) atoms. The van der Waals surface area contributed by atoms with E-state index in [-0.39, 0.29) is 25.5 Å². The number of esters is 1. The molecule has 0 unspecified atom stereocenters. The number of aliphatic imine (C=N–C) groups is 1. The maximum Gasteiger partial charge on any atom is 0.338 e. The standard InChI is InChI=1S/C29H27N3O5S/c1-3-36-28(34)25-26(19-10-5-4-6-11-19)31-29-32(27(25)22-13-7-8-14-23(22)35-2)20(18-38-29)16-24(33)30-17-21-12-9-15-37-21/h4-15,18,27H,3,16-17H2,1-2H3,(H,30,33)/t27-/m1/s1. The predicted octanol–water partition coefficient (Wildman–Crippen LogP) is 5.27. The van der Waals surface area contributed by atoms with Gasteiger partial charge in [-0.25, -0.2) is 9.79 Å². The number of nitrogens with one attached hydrogen (secondary N) is 1. The van der Waals surface area contributed by atoms with E-state index in [2.05, 4.69) is 5.32 Å². The molecule has 8 nitrogen and oxygen atoms in total. The fraction of sp³-hybridized carbons (Fsp3) is 0.207. The third-order valence-corrected chi connectivity index (χ3v) is 7.06. The van der Waals surface area contributed by atoms with Crippen molar-refractivity contribution in [2.24, 2.45) is 4.99 Å². The number of nitrogens with zero attached hydrogens (tertiary/aromatic N) is 2. The summed E-state index contributed by atoms with van der Waals surface area (Å²) in [5, 5.41) is 5.47. The Morgan fingerprint density at radius 2 is 1.87 bits per heavy atom. The minimum absolute atomic E-state index is 0.0924. The number of benzene rings is 2. The Hall–Kier alpha value is -4.24. The average molecular weight is 530 g/mol. The molecule has 0 radical (unpaired) electrons. The SMILES string of the molecule is CCOC(=O)C1=C(c2ccccc2)N=C2SC=C(CC(=O)NCc3ccco3)N2[C@@H]1c1ccccc1OC. The molecule has 0 bridgehead atoms. The number of fused-ring (bicyclic) bond motifs is 1. The van der Waals surface area contributed by atoms with Gasteiger partial charge in [0.1, 0.15) is 11.5 Å². The number of hydrogen-bond donors (Lipinski definition) is 1. The molecule has 3 aromatic rings. The van der Waals surface area contributed by atoms with E-state index in [0.717, 1.165) is 16.8 Å². The van der Waals surface area contributed by atoms with Crippen molar-refractivity contribution in [1.29, 1.82) is 0 Å². The van der Waals surface area contributed by atoms with E-state index >= 15 is 0 Å². The number of thioether (sulfide) groups is 1. The highest BCUT2D eigenvalue weighted by Gasteiger charge is 2.43. The van der Waals surface area contributed by atoms with E-state index in [4.69, 9.17) is 18.9 Å². The minimum atomic E-state index is -0.618. The topological polar surface area (TPSA) is 93.4 Å². The first-order valence-electron chi connectivity index (χ1n) is 12.2. The van der Waals surface area contributed by atoms with Crippen LogP contribution in [0.3, 0.4) is 0 Å². The molecule has 194 valence electrons. The maximum absolute atomic E-state index is 13.6. The molecule has 5 rings (SSSR count). The summed E-state index contributed by atoms with van der Waals surface area (Å²) in [4.78, 5) is 33.4. The van der Waals surface area contributed by atoms with Gasteiger partial charge in [-0.1, -0.05) is 60.3 Å². The number of carbonyl (C=O) groups excluding carboxylic acids is 2. The normalized spacial score (nSPS) is 16.5. The molecule has 2 aliphatic rings. The number of carbonyl (C=O) groups is 2. The number of furan rings is 1. The number of hydrogen-bond acceptors (Lipinski definition) is 8. The van der Waals surface area contributed by atoms with Gasteiger partial charge in [0.2, 0.25) is 5.91 Å². The lowest BCUT2D eigenvalue weighted by molar-refractivity contribution is -0.139. The summed E-state index contributed by atoms with van der Waals surface area (Å²) in [6.07, 6.45) is 1.66. The summed E-state index contributed by atoms with van der Waals surface area (Å²) < 4.78 is 16.6. The highest BCUT2D eigenvalue weighted by atomic mass is 32.2. The Kier molecular flexibility index (Phi) is 7.65. The molecular weight excluding hydrogens is 502 g/mol. The van der Waals surface area contributed by atoms with E-state index in [9.17, 15) is 9.59 Å². The predicted molar refractivity (Wildman–Crippen MR) is 146 cm³/mol. The fourth-order valence-corrected chi connectivity index (χ4v) is 5.42. The van der Waals surface area contributed by atoms with Crippen molar-refractivity contribution in [1.82, 2.24) is 10.2 Å². The first-order valence-corrected chi connectivity index (χ1v) is 13.1. The quantitative estimate of drug-likeness (QED) is 0.378. The van der Waals surface area contributed by atoms with Gasteiger partial charge in [-0.05, 0) is 30.5 Å². The van der Waals surface area contributed by atoms with Crippen LogP contribution < -0.4 is 10.1 Å². The molecule has 1 N–H and O–H groups in total. The lowest BCUT2D eigenvalue weighted by Gasteiger charge is -2.37. The van der Waals surface area contributed by atoms with Crippen molar-refractivity contribution in [3.63, 3.8) is 0 Å². The summed E-state index contributed by atoms with van der Waals surface area (Å²) in [6.45, 7) is 2.28. The molecule has 1 aromatic heterocycles. The molecule has 1 atom stereocenters. The van der Waals surface area contributed by atoms with Gasteiger partial charge in [0.25, 0.3) is 0 Å². The van der Waals surface area contributed by atoms with Crippen molar-refractivity contribution >= 4 is 34.5 Å². The first-order chi connectivity index (χ1) is 18.6. The highest BCUT2D eigenvalue weighted by molar-refractivity contribution is 8.16. The smallest absolute Gasteiger partial charge is 0.338 e. The van der Waals surface area contributed by atoms with Gasteiger partial charge in [0, 0.05) is 16.8 Å². The zero-order chi connectivity index (χ0) is 26.5. The van der Waals surface area contributed by atoms with Crippen LogP contribution in [-0.2, 0) is 20.9 Å². The molecule has 0 spiro atoms. The van der Waals surface area contributed by atoms with Crippen molar-refractivity contribution in [3.8, 4) is 5.75 Å². The number of para-hydroxylation sites is 1. The van der Waals surface area contributed by atoms with Crippen LogP contribution >= 0.6 is 11.8 Å². The van der Waals surface area contributed by atoms with Crippen molar-refractivity contribution < 1.29 is 23.5 Å². The summed E-state index contributed by atoms with van der Waals surface area (Å²) in [5.41, 5.74) is 3.21. The highest BCUT2D eigenvalue weighted by Crippen LogP contribution is 2.48. The third-order valence-electron chi connectivity index (χ3n) is 6.17. The summed E-state index contributed by atoms with van der Waals surface area (Å²) in [6, 6.07) is 20.1. The Balaban J connectivity index is 1.58. The molecule has 0 saturated heterocycles. The van der Waals surface area contributed by atoms with E-state index < -0.39 is 12.0 Å². The number of ether oxygens (including phenoxy) is 2. The lowest BCUT2D eigenvalue weighted by atomic mass is 9.91. The van der Waals surface area contributed by atoms with Gasteiger partial charge >= 0.3 is 5.97 Å². The van der Waals surface area contributed by atoms with E-state index in [1.165, 1.54) is 11.8 Å². The molecule has 9 heteroatoms. The summed E-state index contributed by atoms with van der Waals surface area (Å²) in [7, 11) is 1.60. The number of rotatable bonds is 9. The average Bonchev–Trinajstić information content (AvgIpc) is 3.62. The van der Waals surface area contributed by atoms with Crippen LogP contribution in [0.25, 0.3) is 5.70 Å². The molecule has 1 amide bonds. The van der Waals surface area contributed by atoms with Gasteiger partial charge in [-0.2, -0.15) is 0 Å². The van der Waals surface area contributed by atoms with E-state index in [1.54, 1.807) is 32.4 Å². The van der Waals surface area contributed by atoms with Gasteiger partial charge in [0.05, 0.1) is 50.3 Å². The van der Waals surface area contributed by atoms with E-state index in [1.807, 2.05) is 64.9 Å². The fourth-order valence-electron chi connectivity index (χ4n) is 4.50. The van der Waals surface area contributed by atoms with Crippen LogP contribution in [0, 0.1) is 0 Å². The van der Waals surface area contributed by atoms with E-state index in [0.29, 0.717) is 27.9 Å². The zero-order valence-electron chi connectivity index (χ0n) is 21.0. The zero-order valence-corrected chi connectivity index (χ0v) is 21.9. The Bertz CT molecular complexity index is 1410. The van der Waals surface area contributed by atoms with Crippen LogP contribution in [0.1, 0.15) is 36.3 Å². The van der Waals surface area contributed by atoms with Crippen molar-refractivity contribution in [3.05, 3.63) is 107 Å². The van der Waals surface area contributed by atoms with Crippen LogP contribution in [0.5, 0.6) is 5.75 Å². The molecule has 0 fully saturated rings. The molecule has 0 aliphatic carbocycles. The number of amides is 1. The molecular formula is C29H27N3O5S. The van der Waals surface area contributed by atoms with Gasteiger partial charge in [-0.3, -0.25) is 4.79 Å². The maximum atomic E-state index is 13.6. The van der Waals surface area contributed by atoms with Gasteiger partial charge in [0.15, 0.2) is 5.17 Å². The second kappa shape index (κ2) is 11.4. The van der Waals surface area contributed by atoms with Crippen LogP contribution in [0.2, 0.25) is 0 Å². The molecule has 2 aliphatic heterocycles. The largest absolute Gasteiger partial charge is 0.496 e. The van der Waals surface area contributed by atoms with Crippen LogP contribution in [-0.4, -0.2) is 35.7 Å². The number of amidine groups is 1. The second-order valence-electron chi connectivity index (χ2n) is 8.52. The molecule has 2 aromatic carbocycles. The van der Waals surface area contributed by atoms with Gasteiger partial charge in [-0.15, -0.1) is 0 Å². The monoisotopic (exact) mass is 529 g/mol. The van der Waals surface area contributed by atoms with Crippen molar-refractivity contribution in [2.45, 2.75) is 25.9 Å². The van der Waals surface area contributed by atoms with Gasteiger partial charge < -0.3 is 24.1 Å². The molecule has 3 heterocycles. The summed E-state index contributed by atoms with van der Waals surface area (Å²) in [5.74, 6) is 0.638. The summed E-state index contributed by atoms with van der Waals surface area (Å²) >= 11 is 1.42. The van der Waals surface area contributed by atoms with Crippen LogP contribution in [0.4, 0.5) is 0 Å². The lowest BCUT2D eigenvalue weighted by Crippen LogP contribution is -2.38. The second-order valence-corrected chi connectivity index (χ2v) is 9.35. The van der Waals surface area contributed by atoms with Crippen LogP contribution in [0.15, 0.2) is 99.1 Å². The minimum Gasteiger partial charge on any atom is -0.496 e. The third kappa shape index (κ3) is 5.10. The first kappa shape index (κ1) is 25.4. The Morgan fingerprint density at radius 3 is 2.61 bits per heavy atom. The van der Waals surface area contributed by atoms with Crippen molar-refractivity contribution in [2.75, 3.05) is 13.7 Å². The Labute approximate surface area is 225 Å². The molecule has 0 saturated carbocycles.